The van der Waals surface area contributed by atoms with Crippen LogP contribution in [0.25, 0.3) is 10.9 Å². The van der Waals surface area contributed by atoms with E-state index in [4.69, 9.17) is 0 Å². The van der Waals surface area contributed by atoms with Crippen molar-refractivity contribution in [1.82, 2.24) is 4.98 Å². The van der Waals surface area contributed by atoms with Crippen LogP contribution in [0.4, 0.5) is 10.1 Å². The van der Waals surface area contributed by atoms with E-state index in [9.17, 15) is 4.39 Å². The molecule has 1 aliphatic rings. The lowest BCUT2D eigenvalue weighted by Crippen LogP contribution is -2.29. The van der Waals surface area contributed by atoms with Crippen LogP contribution in [0.3, 0.4) is 0 Å². The van der Waals surface area contributed by atoms with Gasteiger partial charge in [-0.05, 0) is 37.5 Å². The zero-order valence-corrected chi connectivity index (χ0v) is 11.6. The largest absolute Gasteiger partial charge is 0.371 e. The molecule has 0 saturated carbocycles. The van der Waals surface area contributed by atoms with Crippen molar-refractivity contribution in [3.8, 4) is 0 Å². The average Bonchev–Trinajstić information content (AvgIpc) is 2.39. The Bertz CT molecular complexity index is 579. The summed E-state index contributed by atoms with van der Waals surface area (Å²) in [5.41, 5.74) is 1.56. The quantitative estimate of drug-likeness (QED) is 0.787. The fraction of sp³-hybridized carbons (Fsp3) is 0.357. The Balaban J connectivity index is 2.16. The average molecular weight is 309 g/mol. The van der Waals surface area contributed by atoms with Crippen LogP contribution in [-0.2, 0) is 0 Å². The lowest BCUT2D eigenvalue weighted by molar-refractivity contribution is 0.578. The van der Waals surface area contributed by atoms with Gasteiger partial charge in [0.15, 0.2) is 5.82 Å². The number of halogens is 2. The number of benzene rings is 1. The third-order valence-electron chi connectivity index (χ3n) is 3.44. The van der Waals surface area contributed by atoms with E-state index in [-0.39, 0.29) is 5.82 Å². The highest BCUT2D eigenvalue weighted by Crippen LogP contribution is 2.31. The van der Waals surface area contributed by atoms with Crippen LogP contribution in [0.1, 0.15) is 19.3 Å². The summed E-state index contributed by atoms with van der Waals surface area (Å²) in [4.78, 5) is 6.49. The maximum Gasteiger partial charge on any atom is 0.150 e. The predicted molar refractivity (Wildman–Crippen MR) is 75.5 cm³/mol. The Morgan fingerprint density at radius 1 is 1.17 bits per heavy atom. The van der Waals surface area contributed by atoms with Crippen LogP contribution >= 0.6 is 15.9 Å². The fourth-order valence-electron chi connectivity index (χ4n) is 2.58. The number of piperidine rings is 1. The molecule has 2 aromatic rings. The van der Waals surface area contributed by atoms with E-state index in [0.717, 1.165) is 28.6 Å². The van der Waals surface area contributed by atoms with Crippen molar-refractivity contribution in [2.24, 2.45) is 0 Å². The van der Waals surface area contributed by atoms with Crippen molar-refractivity contribution in [2.75, 3.05) is 18.0 Å². The van der Waals surface area contributed by atoms with Crippen molar-refractivity contribution in [2.45, 2.75) is 19.3 Å². The molecule has 1 aromatic heterocycles. The highest BCUT2D eigenvalue weighted by molar-refractivity contribution is 9.10. The molecule has 0 aliphatic carbocycles. The number of anilines is 1. The highest BCUT2D eigenvalue weighted by Gasteiger charge is 2.15. The third kappa shape index (κ3) is 2.09. The van der Waals surface area contributed by atoms with Gasteiger partial charge in [0, 0.05) is 34.8 Å². The molecule has 0 unspecified atom stereocenters. The Morgan fingerprint density at radius 3 is 2.72 bits per heavy atom. The van der Waals surface area contributed by atoms with Crippen LogP contribution in [0.15, 0.2) is 28.9 Å². The Morgan fingerprint density at radius 2 is 1.94 bits per heavy atom. The van der Waals surface area contributed by atoms with E-state index < -0.39 is 0 Å². The van der Waals surface area contributed by atoms with Gasteiger partial charge in [0.05, 0.1) is 0 Å². The van der Waals surface area contributed by atoms with E-state index in [1.165, 1.54) is 25.3 Å². The summed E-state index contributed by atoms with van der Waals surface area (Å²) >= 11 is 3.36. The van der Waals surface area contributed by atoms with Gasteiger partial charge >= 0.3 is 0 Å². The van der Waals surface area contributed by atoms with Gasteiger partial charge in [0.1, 0.15) is 5.52 Å². The molecular formula is C14H14BrFN2. The number of fused-ring (bicyclic) bond motifs is 1. The van der Waals surface area contributed by atoms with Crippen molar-refractivity contribution in [1.29, 1.82) is 0 Å². The van der Waals surface area contributed by atoms with Gasteiger partial charge in [0.25, 0.3) is 0 Å². The van der Waals surface area contributed by atoms with Gasteiger partial charge in [-0.2, -0.15) is 0 Å². The molecule has 2 heterocycles. The Hall–Kier alpha value is -1.16. The minimum Gasteiger partial charge on any atom is -0.371 e. The van der Waals surface area contributed by atoms with Crippen LogP contribution in [-0.4, -0.2) is 18.1 Å². The molecule has 1 aliphatic heterocycles. The molecule has 0 spiro atoms. The molecule has 0 N–H and O–H groups in total. The predicted octanol–water partition coefficient (Wildman–Crippen LogP) is 4.13. The number of pyridine rings is 1. The van der Waals surface area contributed by atoms with Crippen LogP contribution in [0.2, 0.25) is 0 Å². The zero-order chi connectivity index (χ0) is 12.5. The molecule has 94 valence electrons. The maximum atomic E-state index is 13.9. The smallest absolute Gasteiger partial charge is 0.150 e. The number of aromatic nitrogens is 1. The molecule has 2 nitrogen and oxygen atoms in total. The van der Waals surface area contributed by atoms with E-state index in [0.29, 0.717) is 5.52 Å². The number of rotatable bonds is 1. The molecule has 18 heavy (non-hydrogen) atoms. The van der Waals surface area contributed by atoms with Crippen molar-refractivity contribution < 1.29 is 4.39 Å². The molecule has 0 bridgehead atoms. The van der Waals surface area contributed by atoms with E-state index in [1.807, 2.05) is 12.1 Å². The molecule has 0 radical (unpaired) electrons. The standard InChI is InChI=1S/C14H14BrFN2/c15-10-8-11-13(18-6-2-1-3-7-18)4-5-17-14(11)12(16)9-10/h4-5,8-9H,1-3,6-7H2. The first-order valence-corrected chi connectivity index (χ1v) is 7.04. The van der Waals surface area contributed by atoms with Crippen molar-refractivity contribution in [3.05, 3.63) is 34.7 Å². The summed E-state index contributed by atoms with van der Waals surface area (Å²) in [7, 11) is 0. The van der Waals surface area contributed by atoms with Crippen molar-refractivity contribution in [3.63, 3.8) is 0 Å². The molecule has 0 atom stereocenters. The van der Waals surface area contributed by atoms with Gasteiger partial charge < -0.3 is 4.90 Å². The van der Waals surface area contributed by atoms with E-state index in [2.05, 4.69) is 25.8 Å². The van der Waals surface area contributed by atoms with Crippen molar-refractivity contribution >= 4 is 32.5 Å². The number of nitrogens with zero attached hydrogens (tertiary/aromatic N) is 2. The van der Waals surface area contributed by atoms with Gasteiger partial charge in [0.2, 0.25) is 0 Å². The topological polar surface area (TPSA) is 16.1 Å². The van der Waals surface area contributed by atoms with Crippen LogP contribution in [0.5, 0.6) is 0 Å². The second-order valence-electron chi connectivity index (χ2n) is 4.66. The first kappa shape index (κ1) is 11.9. The maximum absolute atomic E-state index is 13.9. The van der Waals surface area contributed by atoms with Gasteiger partial charge in [-0.3, -0.25) is 4.98 Å². The summed E-state index contributed by atoms with van der Waals surface area (Å²) in [5, 5.41) is 0.895. The summed E-state index contributed by atoms with van der Waals surface area (Å²) in [6.45, 7) is 2.10. The minimum absolute atomic E-state index is 0.266. The molecule has 1 saturated heterocycles. The van der Waals surface area contributed by atoms with Gasteiger partial charge in [-0.15, -0.1) is 0 Å². The molecule has 3 rings (SSSR count). The number of hydrogen-bond acceptors (Lipinski definition) is 2. The zero-order valence-electron chi connectivity index (χ0n) is 10.00. The molecule has 1 fully saturated rings. The Kier molecular flexibility index (Phi) is 3.20. The van der Waals surface area contributed by atoms with E-state index in [1.54, 1.807) is 6.20 Å². The first-order valence-electron chi connectivity index (χ1n) is 6.24. The lowest BCUT2D eigenvalue weighted by atomic mass is 10.1. The van der Waals surface area contributed by atoms with Crippen LogP contribution < -0.4 is 4.90 Å². The minimum atomic E-state index is -0.266. The SMILES string of the molecule is Fc1cc(Br)cc2c(N3CCCCC3)ccnc12. The lowest BCUT2D eigenvalue weighted by Gasteiger charge is -2.29. The van der Waals surface area contributed by atoms with Gasteiger partial charge in [-0.25, -0.2) is 4.39 Å². The summed E-state index contributed by atoms with van der Waals surface area (Å²) in [5.74, 6) is -0.266. The monoisotopic (exact) mass is 308 g/mol. The Labute approximate surface area is 114 Å². The van der Waals surface area contributed by atoms with E-state index >= 15 is 0 Å². The van der Waals surface area contributed by atoms with Gasteiger partial charge in [-0.1, -0.05) is 15.9 Å². The first-order chi connectivity index (χ1) is 8.75. The molecule has 4 heteroatoms. The molecular weight excluding hydrogens is 295 g/mol. The second kappa shape index (κ2) is 4.84. The number of hydrogen-bond donors (Lipinski definition) is 0. The molecule has 0 amide bonds. The van der Waals surface area contributed by atoms with Crippen LogP contribution in [0, 0.1) is 5.82 Å². The highest BCUT2D eigenvalue weighted by atomic mass is 79.9. The third-order valence-corrected chi connectivity index (χ3v) is 3.89. The summed E-state index contributed by atoms with van der Waals surface area (Å²) in [6.07, 6.45) is 5.40. The molecule has 1 aromatic carbocycles. The normalized spacial score (nSPS) is 16.2. The summed E-state index contributed by atoms with van der Waals surface area (Å²) < 4.78 is 14.6. The summed E-state index contributed by atoms with van der Waals surface area (Å²) in [6, 6.07) is 5.41. The fourth-order valence-corrected chi connectivity index (χ4v) is 3.01. The second-order valence-corrected chi connectivity index (χ2v) is 5.58.